The summed E-state index contributed by atoms with van der Waals surface area (Å²) < 4.78 is 5.45. The Morgan fingerprint density at radius 3 is 3.12 bits per heavy atom. The first-order chi connectivity index (χ1) is 3.89. The van der Waals surface area contributed by atoms with Gasteiger partial charge in [-0.15, -0.1) is 0 Å². The van der Waals surface area contributed by atoms with Crippen LogP contribution in [0.4, 0.5) is 0 Å². The third-order valence-electron chi connectivity index (χ3n) is 2.61. The highest BCUT2D eigenvalue weighted by molar-refractivity contribution is 5.35. The topological polar surface area (TPSA) is 12.5 Å². The minimum absolute atomic E-state index is 0.384. The van der Waals surface area contributed by atoms with E-state index in [4.69, 9.17) is 4.74 Å². The molecular formula is C7H8O. The van der Waals surface area contributed by atoms with Gasteiger partial charge < -0.3 is 4.74 Å². The van der Waals surface area contributed by atoms with Crippen LogP contribution in [0, 0.1) is 0 Å². The quantitative estimate of drug-likeness (QED) is 0.336. The molecule has 2 aliphatic carbocycles. The second-order valence-corrected chi connectivity index (χ2v) is 3.10. The molecule has 1 heterocycles. The van der Waals surface area contributed by atoms with E-state index in [-0.39, 0.29) is 0 Å². The Morgan fingerprint density at radius 1 is 1.75 bits per heavy atom. The van der Waals surface area contributed by atoms with Crippen molar-refractivity contribution in [3.63, 3.8) is 0 Å². The summed E-state index contributed by atoms with van der Waals surface area (Å²) in [6.07, 6.45) is 6.76. The second kappa shape index (κ2) is 0.781. The third-order valence-corrected chi connectivity index (χ3v) is 2.61. The maximum absolute atomic E-state index is 5.45. The van der Waals surface area contributed by atoms with E-state index in [1.54, 1.807) is 5.57 Å². The van der Waals surface area contributed by atoms with Gasteiger partial charge in [0.2, 0.25) is 0 Å². The molecule has 1 aliphatic heterocycles. The molecule has 2 bridgehead atoms. The zero-order valence-corrected chi connectivity index (χ0v) is 4.68. The van der Waals surface area contributed by atoms with E-state index in [1.165, 1.54) is 19.3 Å². The molecule has 2 unspecified atom stereocenters. The molecule has 0 radical (unpaired) electrons. The minimum Gasteiger partial charge on any atom is -0.361 e. The Balaban J connectivity index is 2.21. The predicted octanol–water partition coefficient (Wildman–Crippen LogP) is 1.25. The van der Waals surface area contributed by atoms with Gasteiger partial charge in [-0.3, -0.25) is 0 Å². The number of epoxide rings is 1. The fourth-order valence-corrected chi connectivity index (χ4v) is 2.04. The fourth-order valence-electron chi connectivity index (χ4n) is 2.04. The van der Waals surface area contributed by atoms with Crippen molar-refractivity contribution in [1.82, 2.24) is 0 Å². The molecule has 0 amide bonds. The van der Waals surface area contributed by atoms with Gasteiger partial charge in [0.05, 0.1) is 0 Å². The van der Waals surface area contributed by atoms with Crippen molar-refractivity contribution in [1.29, 1.82) is 0 Å². The van der Waals surface area contributed by atoms with Crippen molar-refractivity contribution in [3.8, 4) is 0 Å². The van der Waals surface area contributed by atoms with E-state index < -0.39 is 0 Å². The van der Waals surface area contributed by atoms with Crippen LogP contribution in [-0.4, -0.2) is 11.7 Å². The fraction of sp³-hybridized carbons (Fsp3) is 0.714. The average molecular weight is 108 g/mol. The summed E-state index contributed by atoms with van der Waals surface area (Å²) in [5, 5.41) is 0. The van der Waals surface area contributed by atoms with Crippen LogP contribution in [0.25, 0.3) is 0 Å². The maximum atomic E-state index is 5.45. The lowest BCUT2D eigenvalue weighted by Crippen LogP contribution is -2.03. The predicted molar refractivity (Wildman–Crippen MR) is 29.5 cm³/mol. The van der Waals surface area contributed by atoms with Crippen LogP contribution in [0.5, 0.6) is 0 Å². The van der Waals surface area contributed by atoms with E-state index in [2.05, 4.69) is 6.08 Å². The molecule has 1 saturated carbocycles. The van der Waals surface area contributed by atoms with Crippen molar-refractivity contribution in [2.24, 2.45) is 0 Å². The van der Waals surface area contributed by atoms with Gasteiger partial charge in [-0.05, 0) is 12.8 Å². The summed E-state index contributed by atoms with van der Waals surface area (Å²) in [4.78, 5) is 0. The molecule has 1 heteroatoms. The standard InChI is InChI=1S/C7H8O/c1-2-7-4-5(1)3-6(7)8-7/h3,6H,1-2,4H2. The number of hydrogen-bond donors (Lipinski definition) is 0. The number of ether oxygens (including phenoxy) is 1. The number of fused-ring (bicyclic) bond motifs is 1. The van der Waals surface area contributed by atoms with Gasteiger partial charge >= 0.3 is 0 Å². The molecule has 3 rings (SSSR count). The monoisotopic (exact) mass is 108 g/mol. The molecule has 1 spiro atoms. The van der Waals surface area contributed by atoms with E-state index in [0.717, 1.165) is 0 Å². The average Bonchev–Trinajstić information content (AvgIpc) is 2.13. The Labute approximate surface area is 48.3 Å². The van der Waals surface area contributed by atoms with Gasteiger partial charge in [0, 0.05) is 6.42 Å². The SMILES string of the molecule is C1=C2CCC3(C2)OC13. The summed E-state index contributed by atoms with van der Waals surface area (Å²) in [6.45, 7) is 0. The molecule has 3 aliphatic rings. The smallest absolute Gasteiger partial charge is 0.106 e. The maximum Gasteiger partial charge on any atom is 0.106 e. The van der Waals surface area contributed by atoms with E-state index in [1.807, 2.05) is 0 Å². The van der Waals surface area contributed by atoms with Crippen LogP contribution in [-0.2, 0) is 4.74 Å². The third kappa shape index (κ3) is 0.224. The molecule has 0 aromatic carbocycles. The Kier molecular flexibility index (Phi) is 0.358. The van der Waals surface area contributed by atoms with Crippen molar-refractivity contribution < 1.29 is 4.74 Å². The minimum atomic E-state index is 0.384. The number of rotatable bonds is 0. The van der Waals surface area contributed by atoms with Gasteiger partial charge in [0.1, 0.15) is 11.7 Å². The van der Waals surface area contributed by atoms with Crippen LogP contribution in [0.1, 0.15) is 19.3 Å². The van der Waals surface area contributed by atoms with Crippen molar-refractivity contribution in [2.75, 3.05) is 0 Å². The molecule has 0 N–H and O–H groups in total. The Hall–Kier alpha value is -0.300. The normalized spacial score (nSPS) is 56.0. The van der Waals surface area contributed by atoms with Crippen molar-refractivity contribution in [2.45, 2.75) is 31.0 Å². The number of hydrogen-bond acceptors (Lipinski definition) is 1. The second-order valence-electron chi connectivity index (χ2n) is 3.10. The summed E-state index contributed by atoms with van der Waals surface area (Å²) in [7, 11) is 0. The zero-order chi connectivity index (χ0) is 5.19. The molecule has 0 aromatic heterocycles. The van der Waals surface area contributed by atoms with E-state index >= 15 is 0 Å². The van der Waals surface area contributed by atoms with Gasteiger partial charge in [0.25, 0.3) is 0 Å². The van der Waals surface area contributed by atoms with Crippen LogP contribution < -0.4 is 0 Å². The highest BCUT2D eigenvalue weighted by Crippen LogP contribution is 2.58. The van der Waals surface area contributed by atoms with Crippen LogP contribution in [0.2, 0.25) is 0 Å². The summed E-state index contributed by atoms with van der Waals surface area (Å²) >= 11 is 0. The zero-order valence-electron chi connectivity index (χ0n) is 4.68. The molecule has 1 nitrogen and oxygen atoms in total. The van der Waals surface area contributed by atoms with Crippen molar-refractivity contribution in [3.05, 3.63) is 11.6 Å². The lowest BCUT2D eigenvalue weighted by Gasteiger charge is -1.93. The van der Waals surface area contributed by atoms with E-state index in [9.17, 15) is 0 Å². The molecule has 2 fully saturated rings. The highest BCUT2D eigenvalue weighted by Gasteiger charge is 2.61. The van der Waals surface area contributed by atoms with Crippen LogP contribution in [0.3, 0.4) is 0 Å². The largest absolute Gasteiger partial charge is 0.361 e. The summed E-state index contributed by atoms with van der Waals surface area (Å²) in [6, 6.07) is 0. The van der Waals surface area contributed by atoms with Crippen LogP contribution in [0.15, 0.2) is 11.6 Å². The molecule has 0 aromatic rings. The molecular weight excluding hydrogens is 100 g/mol. The first-order valence-corrected chi connectivity index (χ1v) is 3.26. The Bertz CT molecular complexity index is 183. The van der Waals surface area contributed by atoms with E-state index in [0.29, 0.717) is 11.7 Å². The van der Waals surface area contributed by atoms with Gasteiger partial charge in [-0.2, -0.15) is 0 Å². The highest BCUT2D eigenvalue weighted by atomic mass is 16.6. The molecule has 1 saturated heterocycles. The summed E-state index contributed by atoms with van der Waals surface area (Å²) in [5.74, 6) is 0. The first-order valence-electron chi connectivity index (χ1n) is 3.26. The first kappa shape index (κ1) is 3.67. The molecule has 2 atom stereocenters. The van der Waals surface area contributed by atoms with Gasteiger partial charge in [-0.1, -0.05) is 11.6 Å². The van der Waals surface area contributed by atoms with Crippen molar-refractivity contribution >= 4 is 0 Å². The Morgan fingerprint density at radius 2 is 2.75 bits per heavy atom. The molecule has 8 heavy (non-hydrogen) atoms. The summed E-state index contributed by atoms with van der Waals surface area (Å²) in [5.41, 5.74) is 2.04. The molecule has 42 valence electrons. The lowest BCUT2D eigenvalue weighted by molar-refractivity contribution is 0.302. The van der Waals surface area contributed by atoms with Gasteiger partial charge in [0.15, 0.2) is 0 Å². The van der Waals surface area contributed by atoms with Gasteiger partial charge in [-0.25, -0.2) is 0 Å². The lowest BCUT2D eigenvalue weighted by atomic mass is 10.1. The van der Waals surface area contributed by atoms with Crippen LogP contribution >= 0.6 is 0 Å².